The maximum absolute atomic E-state index is 12.0. The minimum atomic E-state index is -0.0481. The van der Waals surface area contributed by atoms with Crippen LogP contribution in [-0.2, 0) is 4.79 Å². The summed E-state index contributed by atoms with van der Waals surface area (Å²) in [6.07, 6.45) is 0. The molecule has 1 amide bonds. The minimum Gasteiger partial charge on any atom is -0.378 e. The van der Waals surface area contributed by atoms with Crippen LogP contribution in [0.2, 0.25) is 0 Å². The molecule has 0 spiro atoms. The first-order chi connectivity index (χ1) is 11.1. The minimum absolute atomic E-state index is 0.0481. The lowest BCUT2D eigenvalue weighted by molar-refractivity contribution is -0.113. The normalized spacial score (nSPS) is 10.7. The van der Waals surface area contributed by atoms with Crippen LogP contribution in [0.25, 0.3) is 11.0 Å². The number of hydrogen-bond acceptors (Lipinski definition) is 4. The molecular weight excluding hydrogens is 308 g/mol. The van der Waals surface area contributed by atoms with Crippen molar-refractivity contribution in [3.05, 3.63) is 48.5 Å². The molecule has 0 aliphatic rings. The Balaban J connectivity index is 1.56. The molecule has 0 aliphatic carbocycles. The smallest absolute Gasteiger partial charge is 0.234 e. The average Bonchev–Trinajstić information content (AvgIpc) is 2.96. The van der Waals surface area contributed by atoms with Gasteiger partial charge >= 0.3 is 0 Å². The van der Waals surface area contributed by atoms with Crippen LogP contribution in [-0.4, -0.2) is 35.7 Å². The Morgan fingerprint density at radius 3 is 2.61 bits per heavy atom. The van der Waals surface area contributed by atoms with Crippen LogP contribution in [0.3, 0.4) is 0 Å². The number of aromatic nitrogens is 2. The van der Waals surface area contributed by atoms with Gasteiger partial charge in [-0.15, -0.1) is 0 Å². The highest BCUT2D eigenvalue weighted by Crippen LogP contribution is 2.20. The summed E-state index contributed by atoms with van der Waals surface area (Å²) in [6.45, 7) is 0. The molecule has 2 aromatic carbocycles. The maximum atomic E-state index is 12.0. The Kier molecular flexibility index (Phi) is 4.52. The zero-order valence-electron chi connectivity index (χ0n) is 13.0. The number of benzene rings is 2. The van der Waals surface area contributed by atoms with E-state index in [1.54, 1.807) is 0 Å². The molecule has 1 aromatic heterocycles. The molecule has 2 N–H and O–H groups in total. The van der Waals surface area contributed by atoms with Crippen LogP contribution >= 0.6 is 11.8 Å². The first-order valence-electron chi connectivity index (χ1n) is 7.26. The molecular formula is C17H18N4OS. The molecule has 5 nitrogen and oxygen atoms in total. The maximum Gasteiger partial charge on any atom is 0.234 e. The summed E-state index contributed by atoms with van der Waals surface area (Å²) in [5.74, 6) is 0.267. The van der Waals surface area contributed by atoms with Gasteiger partial charge < -0.3 is 15.2 Å². The summed E-state index contributed by atoms with van der Waals surface area (Å²) in [6, 6.07) is 15.6. The van der Waals surface area contributed by atoms with Gasteiger partial charge in [0.2, 0.25) is 5.91 Å². The van der Waals surface area contributed by atoms with Crippen molar-refractivity contribution >= 4 is 40.1 Å². The molecule has 1 heterocycles. The fourth-order valence-corrected chi connectivity index (χ4v) is 2.86. The number of nitrogens with zero attached hydrogens (tertiary/aromatic N) is 2. The number of rotatable bonds is 5. The number of fused-ring (bicyclic) bond motifs is 1. The van der Waals surface area contributed by atoms with Crippen molar-refractivity contribution in [2.24, 2.45) is 0 Å². The number of aromatic amines is 1. The van der Waals surface area contributed by atoms with E-state index in [4.69, 9.17) is 0 Å². The van der Waals surface area contributed by atoms with Crippen molar-refractivity contribution in [1.29, 1.82) is 0 Å². The lowest BCUT2D eigenvalue weighted by Crippen LogP contribution is -2.14. The summed E-state index contributed by atoms with van der Waals surface area (Å²) in [5.41, 5.74) is 3.79. The van der Waals surface area contributed by atoms with E-state index in [2.05, 4.69) is 15.3 Å². The Morgan fingerprint density at radius 1 is 1.17 bits per heavy atom. The topological polar surface area (TPSA) is 61.0 Å². The second-order valence-electron chi connectivity index (χ2n) is 5.34. The molecule has 0 bridgehead atoms. The highest BCUT2D eigenvalue weighted by molar-refractivity contribution is 7.99. The number of nitrogens with one attached hydrogen (secondary N) is 2. The first-order valence-corrected chi connectivity index (χ1v) is 8.25. The first kappa shape index (κ1) is 15.4. The number of thioether (sulfide) groups is 1. The average molecular weight is 326 g/mol. The van der Waals surface area contributed by atoms with E-state index in [9.17, 15) is 4.79 Å². The standard InChI is InChI=1S/C17H18N4OS/c1-21(2)13-9-7-12(8-10-13)18-16(22)11-23-17-19-14-5-3-4-6-15(14)20-17/h3-10H,11H2,1-2H3,(H,18,22)(H,19,20). The van der Waals surface area contributed by atoms with Gasteiger partial charge in [-0.3, -0.25) is 4.79 Å². The van der Waals surface area contributed by atoms with Gasteiger partial charge in [0.05, 0.1) is 16.8 Å². The van der Waals surface area contributed by atoms with E-state index in [0.29, 0.717) is 5.75 Å². The van der Waals surface area contributed by atoms with Gasteiger partial charge in [-0.2, -0.15) is 0 Å². The number of H-pyrrole nitrogens is 1. The SMILES string of the molecule is CN(C)c1ccc(NC(=O)CSc2nc3ccccc3[nH]2)cc1. The molecule has 0 saturated heterocycles. The van der Waals surface area contributed by atoms with Gasteiger partial charge in [0.15, 0.2) is 5.16 Å². The Labute approximate surface area is 139 Å². The van der Waals surface area contributed by atoms with Crippen LogP contribution < -0.4 is 10.2 Å². The molecule has 3 rings (SSSR count). The third kappa shape index (κ3) is 3.84. The van der Waals surface area contributed by atoms with Gasteiger partial charge in [-0.05, 0) is 36.4 Å². The van der Waals surface area contributed by atoms with Crippen molar-refractivity contribution in [2.45, 2.75) is 5.16 Å². The van der Waals surface area contributed by atoms with E-state index < -0.39 is 0 Å². The van der Waals surface area contributed by atoms with Gasteiger partial charge in [0.25, 0.3) is 0 Å². The molecule has 0 fully saturated rings. The number of para-hydroxylation sites is 2. The fraction of sp³-hybridized carbons (Fsp3) is 0.176. The lowest BCUT2D eigenvalue weighted by atomic mass is 10.2. The molecule has 0 saturated carbocycles. The Morgan fingerprint density at radius 2 is 1.91 bits per heavy atom. The zero-order chi connectivity index (χ0) is 16.2. The van der Waals surface area contributed by atoms with Gasteiger partial charge in [0, 0.05) is 25.5 Å². The van der Waals surface area contributed by atoms with Crippen LogP contribution in [0.5, 0.6) is 0 Å². The highest BCUT2D eigenvalue weighted by Gasteiger charge is 2.07. The summed E-state index contributed by atoms with van der Waals surface area (Å²) in [4.78, 5) is 21.7. The van der Waals surface area contributed by atoms with E-state index in [0.717, 1.165) is 27.6 Å². The van der Waals surface area contributed by atoms with Crippen LogP contribution in [0, 0.1) is 0 Å². The summed E-state index contributed by atoms with van der Waals surface area (Å²) >= 11 is 1.39. The van der Waals surface area contributed by atoms with Crippen LogP contribution in [0.4, 0.5) is 11.4 Å². The van der Waals surface area contributed by atoms with Gasteiger partial charge in [-0.25, -0.2) is 4.98 Å². The third-order valence-corrected chi connectivity index (χ3v) is 4.25. The molecule has 0 unspecified atom stereocenters. The Hall–Kier alpha value is -2.47. The number of anilines is 2. The molecule has 0 atom stereocenters. The molecule has 23 heavy (non-hydrogen) atoms. The second kappa shape index (κ2) is 6.75. The van der Waals surface area contributed by atoms with Gasteiger partial charge in [0.1, 0.15) is 0 Å². The summed E-state index contributed by atoms with van der Waals surface area (Å²) in [5, 5.41) is 3.65. The lowest BCUT2D eigenvalue weighted by Gasteiger charge is -2.12. The van der Waals surface area contributed by atoms with Crippen molar-refractivity contribution in [3.63, 3.8) is 0 Å². The van der Waals surface area contributed by atoms with E-state index >= 15 is 0 Å². The van der Waals surface area contributed by atoms with Crippen LogP contribution in [0.15, 0.2) is 53.7 Å². The van der Waals surface area contributed by atoms with E-state index in [1.165, 1.54) is 11.8 Å². The second-order valence-corrected chi connectivity index (χ2v) is 6.30. The largest absolute Gasteiger partial charge is 0.378 e. The zero-order valence-corrected chi connectivity index (χ0v) is 13.9. The van der Waals surface area contributed by atoms with Crippen molar-refractivity contribution < 1.29 is 4.79 Å². The predicted octanol–water partition coefficient (Wildman–Crippen LogP) is 3.36. The number of carbonyl (C=O) groups excluding carboxylic acids is 1. The predicted molar refractivity (Wildman–Crippen MR) is 96.2 cm³/mol. The monoisotopic (exact) mass is 326 g/mol. The van der Waals surface area contributed by atoms with Crippen molar-refractivity contribution in [3.8, 4) is 0 Å². The van der Waals surface area contributed by atoms with Crippen molar-refractivity contribution in [1.82, 2.24) is 9.97 Å². The summed E-state index contributed by atoms with van der Waals surface area (Å²) in [7, 11) is 3.97. The number of hydrogen-bond donors (Lipinski definition) is 2. The summed E-state index contributed by atoms with van der Waals surface area (Å²) < 4.78 is 0. The van der Waals surface area contributed by atoms with Crippen LogP contribution in [0.1, 0.15) is 0 Å². The number of imidazole rings is 1. The molecule has 118 valence electrons. The quantitative estimate of drug-likeness (QED) is 0.706. The highest BCUT2D eigenvalue weighted by atomic mass is 32.2. The van der Waals surface area contributed by atoms with Gasteiger partial charge in [-0.1, -0.05) is 23.9 Å². The van der Waals surface area contributed by atoms with E-state index in [1.807, 2.05) is 67.5 Å². The Bertz CT molecular complexity index is 778. The third-order valence-electron chi connectivity index (χ3n) is 3.38. The number of amides is 1. The molecule has 0 radical (unpaired) electrons. The molecule has 6 heteroatoms. The van der Waals surface area contributed by atoms with Crippen molar-refractivity contribution in [2.75, 3.05) is 30.1 Å². The van der Waals surface area contributed by atoms with E-state index in [-0.39, 0.29) is 5.91 Å². The molecule has 0 aliphatic heterocycles. The fourth-order valence-electron chi connectivity index (χ4n) is 2.17. The number of carbonyl (C=O) groups is 1. The molecule has 3 aromatic rings.